The molecule has 0 fully saturated rings. The highest BCUT2D eigenvalue weighted by atomic mass is 16.6. The predicted molar refractivity (Wildman–Crippen MR) is 117 cm³/mol. The molecule has 0 saturated heterocycles. The standard InChI is InChI=1S/C20H21N5O7/c1-10-12(17-14(8-15(10)25(29)30)21-18(26)19(27)23-17)9-24(2)20(28)22-13-7-11(31-3)5-6-16(13)32-4/h5-8H,9H2,1-4H3,(H,21,26)(H,22,28)(H,23,27). The van der Waals surface area contributed by atoms with Crippen molar-refractivity contribution >= 4 is 28.4 Å². The van der Waals surface area contributed by atoms with E-state index < -0.39 is 22.1 Å². The number of nitrogens with zero attached hydrogens (tertiary/aromatic N) is 2. The van der Waals surface area contributed by atoms with E-state index in [2.05, 4.69) is 15.3 Å². The third-order valence-electron chi connectivity index (χ3n) is 4.97. The Labute approximate surface area is 180 Å². The molecule has 0 aliphatic rings. The van der Waals surface area contributed by atoms with Crippen LogP contribution in [0.2, 0.25) is 0 Å². The Bertz CT molecular complexity index is 1330. The molecule has 1 aromatic heterocycles. The molecular formula is C20H21N5O7. The van der Waals surface area contributed by atoms with E-state index in [-0.39, 0.29) is 28.8 Å². The van der Waals surface area contributed by atoms with Crippen LogP contribution in [-0.4, -0.2) is 47.1 Å². The number of urea groups is 1. The molecule has 2 aromatic carbocycles. The molecule has 2 amide bonds. The largest absolute Gasteiger partial charge is 0.497 e. The van der Waals surface area contributed by atoms with Crippen molar-refractivity contribution in [2.75, 3.05) is 26.6 Å². The molecule has 1 heterocycles. The Morgan fingerprint density at radius 3 is 2.47 bits per heavy atom. The van der Waals surface area contributed by atoms with Gasteiger partial charge in [0.15, 0.2) is 0 Å². The summed E-state index contributed by atoms with van der Waals surface area (Å²) in [4.78, 5) is 53.3. The number of nitrogens with one attached hydrogen (secondary N) is 3. The van der Waals surface area contributed by atoms with Crippen molar-refractivity contribution in [2.24, 2.45) is 0 Å². The van der Waals surface area contributed by atoms with Crippen LogP contribution < -0.4 is 25.9 Å². The number of H-pyrrole nitrogens is 2. The van der Waals surface area contributed by atoms with Crippen molar-refractivity contribution in [3.8, 4) is 11.5 Å². The van der Waals surface area contributed by atoms with Gasteiger partial charge in [-0.05, 0) is 19.1 Å². The zero-order valence-electron chi connectivity index (χ0n) is 17.8. The molecule has 168 valence electrons. The third kappa shape index (κ3) is 4.24. The van der Waals surface area contributed by atoms with Gasteiger partial charge in [-0.25, -0.2) is 4.79 Å². The molecule has 12 heteroatoms. The molecule has 32 heavy (non-hydrogen) atoms. The van der Waals surface area contributed by atoms with Crippen LogP contribution in [0.5, 0.6) is 11.5 Å². The summed E-state index contributed by atoms with van der Waals surface area (Å²) in [5, 5.41) is 14.2. The van der Waals surface area contributed by atoms with Gasteiger partial charge in [-0.3, -0.25) is 19.7 Å². The van der Waals surface area contributed by atoms with E-state index in [0.717, 1.165) is 0 Å². The Hall–Kier alpha value is -4.35. The number of hydrogen-bond acceptors (Lipinski definition) is 7. The first-order valence-corrected chi connectivity index (χ1v) is 9.33. The lowest BCUT2D eigenvalue weighted by Crippen LogP contribution is -2.33. The maximum absolute atomic E-state index is 12.8. The molecule has 0 radical (unpaired) electrons. The summed E-state index contributed by atoms with van der Waals surface area (Å²) < 4.78 is 10.4. The Morgan fingerprint density at radius 1 is 1.16 bits per heavy atom. The van der Waals surface area contributed by atoms with Crippen LogP contribution in [0.25, 0.3) is 11.0 Å². The number of nitro benzene ring substituents is 1. The number of aromatic amines is 2. The van der Waals surface area contributed by atoms with E-state index in [1.165, 1.54) is 39.2 Å². The highest BCUT2D eigenvalue weighted by Crippen LogP contribution is 2.30. The number of ether oxygens (including phenoxy) is 2. The summed E-state index contributed by atoms with van der Waals surface area (Å²) in [7, 11) is 4.42. The van der Waals surface area contributed by atoms with E-state index in [1.54, 1.807) is 18.2 Å². The quantitative estimate of drug-likeness (QED) is 0.299. The van der Waals surface area contributed by atoms with Crippen LogP contribution in [0.15, 0.2) is 33.9 Å². The average molecular weight is 443 g/mol. The molecule has 0 spiro atoms. The van der Waals surface area contributed by atoms with Gasteiger partial charge in [-0.15, -0.1) is 0 Å². The van der Waals surface area contributed by atoms with E-state index in [4.69, 9.17) is 9.47 Å². The first kappa shape index (κ1) is 22.3. The lowest BCUT2D eigenvalue weighted by atomic mass is 10.0. The number of anilines is 1. The minimum Gasteiger partial charge on any atom is -0.497 e. The van der Waals surface area contributed by atoms with Crippen LogP contribution in [0, 0.1) is 17.0 Å². The number of amides is 2. The number of carbonyl (C=O) groups is 1. The zero-order valence-corrected chi connectivity index (χ0v) is 17.8. The zero-order chi connectivity index (χ0) is 23.6. The van der Waals surface area contributed by atoms with Crippen molar-refractivity contribution in [1.82, 2.24) is 14.9 Å². The molecule has 0 aliphatic carbocycles. The molecule has 3 N–H and O–H groups in total. The summed E-state index contributed by atoms with van der Waals surface area (Å²) in [5.41, 5.74) is -0.860. The van der Waals surface area contributed by atoms with Gasteiger partial charge < -0.3 is 29.7 Å². The Kier molecular flexibility index (Phi) is 6.14. The molecule has 3 rings (SSSR count). The van der Waals surface area contributed by atoms with Crippen molar-refractivity contribution in [3.05, 3.63) is 66.2 Å². The van der Waals surface area contributed by atoms with Gasteiger partial charge in [0.1, 0.15) is 11.5 Å². The van der Waals surface area contributed by atoms with Crippen LogP contribution in [0.3, 0.4) is 0 Å². The van der Waals surface area contributed by atoms with Gasteiger partial charge in [0.05, 0.1) is 35.9 Å². The fourth-order valence-electron chi connectivity index (χ4n) is 3.23. The summed E-state index contributed by atoms with van der Waals surface area (Å²) in [5.74, 6) is 0.914. The second-order valence-corrected chi connectivity index (χ2v) is 6.94. The number of hydrogen-bond donors (Lipinski definition) is 3. The summed E-state index contributed by atoms with van der Waals surface area (Å²) in [6, 6.07) is 5.53. The van der Waals surface area contributed by atoms with Crippen molar-refractivity contribution in [1.29, 1.82) is 0 Å². The third-order valence-corrected chi connectivity index (χ3v) is 4.97. The topological polar surface area (TPSA) is 160 Å². The Morgan fingerprint density at radius 2 is 1.84 bits per heavy atom. The number of carbonyl (C=O) groups excluding carboxylic acids is 1. The smallest absolute Gasteiger partial charge is 0.321 e. The SMILES string of the molecule is COc1ccc(OC)c(NC(=O)N(C)Cc2c(C)c([N+](=O)[O-])cc3[nH]c(=O)c(=O)[nH]c23)c1. The molecule has 0 unspecified atom stereocenters. The molecule has 0 atom stereocenters. The van der Waals surface area contributed by atoms with Crippen LogP contribution in [-0.2, 0) is 6.54 Å². The highest BCUT2D eigenvalue weighted by Gasteiger charge is 2.22. The molecular weight excluding hydrogens is 422 g/mol. The highest BCUT2D eigenvalue weighted by molar-refractivity contribution is 5.91. The fraction of sp³-hybridized carbons (Fsp3) is 0.250. The summed E-state index contributed by atoms with van der Waals surface area (Å²) in [6.07, 6.45) is 0. The van der Waals surface area contributed by atoms with Gasteiger partial charge in [-0.1, -0.05) is 0 Å². The first-order valence-electron chi connectivity index (χ1n) is 9.33. The lowest BCUT2D eigenvalue weighted by molar-refractivity contribution is -0.385. The predicted octanol–water partition coefficient (Wildman–Crippen LogP) is 2.11. The van der Waals surface area contributed by atoms with Crippen molar-refractivity contribution in [2.45, 2.75) is 13.5 Å². The van der Waals surface area contributed by atoms with E-state index in [9.17, 15) is 24.5 Å². The number of aromatic nitrogens is 2. The monoisotopic (exact) mass is 443 g/mol. The fourth-order valence-corrected chi connectivity index (χ4v) is 3.23. The van der Waals surface area contributed by atoms with Gasteiger partial charge in [0.2, 0.25) is 0 Å². The van der Waals surface area contributed by atoms with Gasteiger partial charge in [0, 0.05) is 36.9 Å². The van der Waals surface area contributed by atoms with Gasteiger partial charge >= 0.3 is 17.1 Å². The second kappa shape index (κ2) is 8.79. The van der Waals surface area contributed by atoms with Crippen LogP contribution >= 0.6 is 0 Å². The van der Waals surface area contributed by atoms with E-state index in [0.29, 0.717) is 22.7 Å². The van der Waals surface area contributed by atoms with Crippen LogP contribution in [0.1, 0.15) is 11.1 Å². The molecule has 12 nitrogen and oxygen atoms in total. The number of methoxy groups -OCH3 is 2. The molecule has 3 aromatic rings. The number of nitro groups is 1. The molecule has 0 bridgehead atoms. The maximum atomic E-state index is 12.8. The first-order chi connectivity index (χ1) is 15.2. The maximum Gasteiger partial charge on any atom is 0.321 e. The van der Waals surface area contributed by atoms with Crippen molar-refractivity contribution < 1.29 is 19.2 Å². The lowest BCUT2D eigenvalue weighted by Gasteiger charge is -2.21. The summed E-state index contributed by atoms with van der Waals surface area (Å²) in [6.45, 7) is 1.41. The molecule has 0 saturated carbocycles. The van der Waals surface area contributed by atoms with Crippen molar-refractivity contribution in [3.63, 3.8) is 0 Å². The normalized spacial score (nSPS) is 10.6. The van der Waals surface area contributed by atoms with E-state index >= 15 is 0 Å². The van der Waals surface area contributed by atoms with Crippen LogP contribution in [0.4, 0.5) is 16.2 Å². The molecule has 0 aliphatic heterocycles. The van der Waals surface area contributed by atoms with E-state index in [1.807, 2.05) is 0 Å². The minimum atomic E-state index is -0.933. The second-order valence-electron chi connectivity index (χ2n) is 6.94. The number of benzene rings is 2. The Balaban J connectivity index is 2.00. The minimum absolute atomic E-state index is 0.0881. The van der Waals surface area contributed by atoms with Gasteiger partial charge in [-0.2, -0.15) is 0 Å². The number of rotatable bonds is 6. The van der Waals surface area contributed by atoms with Gasteiger partial charge in [0.25, 0.3) is 5.69 Å². The number of fused-ring (bicyclic) bond motifs is 1. The average Bonchev–Trinajstić information content (AvgIpc) is 2.76. The summed E-state index contributed by atoms with van der Waals surface area (Å²) >= 11 is 0.